The number of pyridine rings is 1. The van der Waals surface area contributed by atoms with Gasteiger partial charge in [-0.1, -0.05) is 12.1 Å². The Hall–Kier alpha value is -2.10. The minimum Gasteiger partial charge on any atom is -0.373 e. The van der Waals surface area contributed by atoms with Crippen LogP contribution in [0.1, 0.15) is 5.56 Å². The number of nitrogens with one attached hydrogen (secondary N) is 2. The molecule has 2 rings (SSSR count). The Labute approximate surface area is 99.7 Å². The highest BCUT2D eigenvalue weighted by Crippen LogP contribution is 2.18. The summed E-state index contributed by atoms with van der Waals surface area (Å²) in [5.41, 5.74) is 1.32. The molecule has 4 heteroatoms. The molecule has 0 amide bonds. The molecular weight excluding hydrogens is 217 g/mol. The van der Waals surface area contributed by atoms with Crippen LogP contribution >= 0.6 is 0 Å². The second-order valence-electron chi connectivity index (χ2n) is 3.75. The molecule has 0 spiro atoms. The van der Waals surface area contributed by atoms with E-state index in [4.69, 9.17) is 0 Å². The molecule has 3 nitrogen and oxygen atoms in total. The summed E-state index contributed by atoms with van der Waals surface area (Å²) in [6, 6.07) is 10.6. The maximum absolute atomic E-state index is 13.4. The van der Waals surface area contributed by atoms with E-state index in [1.165, 1.54) is 6.07 Å². The van der Waals surface area contributed by atoms with Crippen molar-refractivity contribution in [2.45, 2.75) is 6.92 Å². The summed E-state index contributed by atoms with van der Waals surface area (Å²) in [7, 11) is 1.80. The molecule has 0 aliphatic carbocycles. The van der Waals surface area contributed by atoms with Crippen LogP contribution in [0.5, 0.6) is 0 Å². The molecule has 0 saturated carbocycles. The van der Waals surface area contributed by atoms with E-state index in [0.29, 0.717) is 17.1 Å². The Kier molecular flexibility index (Phi) is 3.23. The van der Waals surface area contributed by atoms with Gasteiger partial charge in [-0.15, -0.1) is 0 Å². The zero-order valence-electron chi connectivity index (χ0n) is 9.79. The zero-order chi connectivity index (χ0) is 12.3. The van der Waals surface area contributed by atoms with Crippen LogP contribution in [0.2, 0.25) is 0 Å². The van der Waals surface area contributed by atoms with E-state index >= 15 is 0 Å². The third-order valence-corrected chi connectivity index (χ3v) is 2.45. The minimum absolute atomic E-state index is 0.222. The van der Waals surface area contributed by atoms with Gasteiger partial charge in [-0.3, -0.25) is 0 Å². The van der Waals surface area contributed by atoms with Crippen LogP contribution in [-0.2, 0) is 0 Å². The van der Waals surface area contributed by atoms with E-state index in [1.54, 1.807) is 20.0 Å². The topological polar surface area (TPSA) is 37.0 Å². The lowest BCUT2D eigenvalue weighted by atomic mass is 10.2. The first-order chi connectivity index (χ1) is 8.19. The monoisotopic (exact) mass is 231 g/mol. The Morgan fingerprint density at radius 1 is 1.12 bits per heavy atom. The van der Waals surface area contributed by atoms with Crippen molar-refractivity contribution in [2.24, 2.45) is 0 Å². The number of aryl methyl sites for hydroxylation is 1. The Balaban J connectivity index is 2.22. The highest BCUT2D eigenvalue weighted by atomic mass is 19.1. The lowest BCUT2D eigenvalue weighted by Crippen LogP contribution is -1.98. The third kappa shape index (κ3) is 2.72. The molecule has 0 fully saturated rings. The second-order valence-corrected chi connectivity index (χ2v) is 3.75. The van der Waals surface area contributed by atoms with Crippen molar-refractivity contribution < 1.29 is 4.39 Å². The summed E-state index contributed by atoms with van der Waals surface area (Å²) in [6.07, 6.45) is 0. The summed E-state index contributed by atoms with van der Waals surface area (Å²) in [5, 5.41) is 6.00. The highest BCUT2D eigenvalue weighted by molar-refractivity contribution is 5.58. The number of hydrogen-bond acceptors (Lipinski definition) is 3. The maximum Gasteiger partial charge on any atom is 0.132 e. The van der Waals surface area contributed by atoms with Crippen LogP contribution in [0.15, 0.2) is 36.4 Å². The van der Waals surface area contributed by atoms with E-state index < -0.39 is 0 Å². The van der Waals surface area contributed by atoms with Gasteiger partial charge in [0.05, 0.1) is 0 Å². The van der Waals surface area contributed by atoms with Gasteiger partial charge in [-0.25, -0.2) is 9.37 Å². The van der Waals surface area contributed by atoms with Crippen LogP contribution < -0.4 is 10.6 Å². The largest absolute Gasteiger partial charge is 0.373 e. The molecule has 0 saturated heterocycles. The predicted octanol–water partition coefficient (Wildman–Crippen LogP) is 3.31. The first-order valence-corrected chi connectivity index (χ1v) is 5.37. The van der Waals surface area contributed by atoms with Gasteiger partial charge in [-0.05, 0) is 36.8 Å². The van der Waals surface area contributed by atoms with Gasteiger partial charge in [0.25, 0.3) is 0 Å². The van der Waals surface area contributed by atoms with E-state index in [0.717, 1.165) is 5.82 Å². The molecule has 17 heavy (non-hydrogen) atoms. The van der Waals surface area contributed by atoms with Crippen molar-refractivity contribution in [3.63, 3.8) is 0 Å². The van der Waals surface area contributed by atoms with Crippen molar-refractivity contribution in [2.75, 3.05) is 17.7 Å². The number of halogens is 1. The van der Waals surface area contributed by atoms with Gasteiger partial charge >= 0.3 is 0 Å². The predicted molar refractivity (Wildman–Crippen MR) is 68.2 cm³/mol. The van der Waals surface area contributed by atoms with Gasteiger partial charge < -0.3 is 10.6 Å². The van der Waals surface area contributed by atoms with Crippen molar-refractivity contribution >= 4 is 17.3 Å². The molecule has 0 bridgehead atoms. The quantitative estimate of drug-likeness (QED) is 0.850. The Morgan fingerprint density at radius 3 is 2.59 bits per heavy atom. The van der Waals surface area contributed by atoms with E-state index in [-0.39, 0.29) is 5.82 Å². The molecular formula is C13H14FN3. The van der Waals surface area contributed by atoms with Crippen molar-refractivity contribution in [1.29, 1.82) is 0 Å². The van der Waals surface area contributed by atoms with Crippen LogP contribution in [0, 0.1) is 12.7 Å². The van der Waals surface area contributed by atoms with Crippen LogP contribution in [0.3, 0.4) is 0 Å². The van der Waals surface area contributed by atoms with Crippen LogP contribution in [-0.4, -0.2) is 12.0 Å². The van der Waals surface area contributed by atoms with Gasteiger partial charge in [0, 0.05) is 12.7 Å². The van der Waals surface area contributed by atoms with Gasteiger partial charge in [0.1, 0.15) is 17.5 Å². The molecule has 1 aromatic carbocycles. The van der Waals surface area contributed by atoms with E-state index in [1.807, 2.05) is 24.3 Å². The Morgan fingerprint density at radius 2 is 1.88 bits per heavy atom. The van der Waals surface area contributed by atoms with Gasteiger partial charge in [0.15, 0.2) is 0 Å². The number of hydrogen-bond donors (Lipinski definition) is 2. The fourth-order valence-electron chi connectivity index (χ4n) is 1.46. The molecule has 1 aromatic heterocycles. The summed E-state index contributed by atoms with van der Waals surface area (Å²) in [4.78, 5) is 4.29. The summed E-state index contributed by atoms with van der Waals surface area (Å²) >= 11 is 0. The van der Waals surface area contributed by atoms with Gasteiger partial charge in [-0.2, -0.15) is 0 Å². The molecule has 2 N–H and O–H groups in total. The summed E-state index contributed by atoms with van der Waals surface area (Å²) < 4.78 is 13.4. The van der Waals surface area contributed by atoms with Crippen LogP contribution in [0.25, 0.3) is 0 Å². The summed E-state index contributed by atoms with van der Waals surface area (Å²) in [6.45, 7) is 1.74. The average molecular weight is 231 g/mol. The molecule has 0 aliphatic rings. The van der Waals surface area contributed by atoms with E-state index in [9.17, 15) is 4.39 Å². The number of rotatable bonds is 3. The first-order valence-electron chi connectivity index (χ1n) is 5.37. The second kappa shape index (κ2) is 4.82. The maximum atomic E-state index is 13.4. The zero-order valence-corrected chi connectivity index (χ0v) is 9.79. The SMILES string of the molecule is CNc1cccc(Nc2ccc(C)c(F)c2)n1. The molecule has 0 atom stereocenters. The van der Waals surface area contributed by atoms with E-state index in [2.05, 4.69) is 15.6 Å². The molecule has 88 valence electrons. The molecule has 0 unspecified atom stereocenters. The normalized spacial score (nSPS) is 10.1. The third-order valence-electron chi connectivity index (χ3n) is 2.45. The number of benzene rings is 1. The van der Waals surface area contributed by atoms with Crippen LogP contribution in [0.4, 0.5) is 21.7 Å². The van der Waals surface area contributed by atoms with Crippen molar-refractivity contribution in [3.8, 4) is 0 Å². The highest BCUT2D eigenvalue weighted by Gasteiger charge is 2.01. The lowest BCUT2D eigenvalue weighted by molar-refractivity contribution is 0.619. The number of anilines is 3. The fraction of sp³-hybridized carbons (Fsp3) is 0.154. The molecule has 2 aromatic rings. The average Bonchev–Trinajstić information content (AvgIpc) is 2.34. The summed E-state index contributed by atoms with van der Waals surface area (Å²) in [5.74, 6) is 1.22. The van der Waals surface area contributed by atoms with Crippen molar-refractivity contribution in [1.82, 2.24) is 4.98 Å². The molecule has 1 heterocycles. The first kappa shape index (κ1) is 11.4. The molecule has 0 aliphatic heterocycles. The van der Waals surface area contributed by atoms with Gasteiger partial charge in [0.2, 0.25) is 0 Å². The number of nitrogens with zero attached hydrogens (tertiary/aromatic N) is 1. The van der Waals surface area contributed by atoms with Crippen molar-refractivity contribution in [3.05, 3.63) is 47.8 Å². The minimum atomic E-state index is -0.222. The fourth-order valence-corrected chi connectivity index (χ4v) is 1.46. The standard InChI is InChI=1S/C13H14FN3/c1-9-6-7-10(8-11(9)14)16-13-5-3-4-12(15-2)17-13/h3-8H,1-2H3,(H2,15,16,17). The number of aromatic nitrogens is 1. The smallest absolute Gasteiger partial charge is 0.132 e. The Bertz CT molecular complexity index is 526. The molecule has 0 radical (unpaired) electrons. The lowest BCUT2D eigenvalue weighted by Gasteiger charge is -2.08.